The molecule has 0 unspecified atom stereocenters. The van der Waals surface area contributed by atoms with Crippen LogP contribution in [0.5, 0.6) is 0 Å². The highest BCUT2D eigenvalue weighted by atomic mass is 32.2. The predicted molar refractivity (Wildman–Crippen MR) is 122 cm³/mol. The molecule has 2 amide bonds. The first-order valence-corrected chi connectivity index (χ1v) is 11.9. The fourth-order valence-electron chi connectivity index (χ4n) is 3.30. The van der Waals surface area contributed by atoms with Gasteiger partial charge in [0, 0.05) is 30.8 Å². The minimum absolute atomic E-state index is 0.186. The minimum Gasteiger partial charge on any atom is -0.378 e. The number of nitrogens with zero attached hydrogens (tertiary/aromatic N) is 3. The number of ether oxygens (including phenoxy) is 1. The molecular weight excluding hydrogens is 452 g/mol. The van der Waals surface area contributed by atoms with E-state index in [1.165, 1.54) is 42.5 Å². The maximum absolute atomic E-state index is 12.6. The van der Waals surface area contributed by atoms with E-state index in [1.807, 2.05) is 0 Å². The summed E-state index contributed by atoms with van der Waals surface area (Å²) in [5.74, 6) is -0.855. The Kier molecular flexibility index (Phi) is 7.29. The molecule has 2 aromatic rings. The van der Waals surface area contributed by atoms with Crippen LogP contribution < -0.4 is 9.62 Å². The van der Waals surface area contributed by atoms with Gasteiger partial charge >= 0.3 is 0 Å². The Morgan fingerprint density at radius 2 is 1.79 bits per heavy atom. The number of rotatable bonds is 7. The highest BCUT2D eigenvalue weighted by molar-refractivity contribution is 7.92. The number of carbonyl (C=O) groups excluding carboxylic acids is 2. The van der Waals surface area contributed by atoms with Gasteiger partial charge in [-0.25, -0.2) is 8.42 Å². The van der Waals surface area contributed by atoms with Crippen LogP contribution in [0.15, 0.2) is 42.5 Å². The molecular formula is C21H24N4O7S. The maximum Gasteiger partial charge on any atom is 0.271 e. The Labute approximate surface area is 191 Å². The number of hydrogen-bond acceptors (Lipinski definition) is 7. The summed E-state index contributed by atoms with van der Waals surface area (Å²) < 4.78 is 30.9. The lowest BCUT2D eigenvalue weighted by Crippen LogP contribution is -2.40. The zero-order valence-corrected chi connectivity index (χ0v) is 19.0. The number of nitro benzene ring substituents is 1. The second-order valence-corrected chi connectivity index (χ2v) is 9.43. The number of benzene rings is 2. The quantitative estimate of drug-likeness (QED) is 0.475. The third kappa shape index (κ3) is 6.05. The van der Waals surface area contributed by atoms with Crippen LogP contribution in [-0.2, 0) is 19.6 Å². The van der Waals surface area contributed by atoms with E-state index in [0.717, 1.165) is 10.6 Å². The van der Waals surface area contributed by atoms with Crippen LogP contribution in [0, 0.1) is 17.0 Å². The largest absolute Gasteiger partial charge is 0.378 e. The highest BCUT2D eigenvalue weighted by Crippen LogP contribution is 2.23. The molecule has 0 saturated carbocycles. The number of sulfonamides is 1. The van der Waals surface area contributed by atoms with Crippen molar-refractivity contribution in [3.05, 3.63) is 63.7 Å². The second kappa shape index (κ2) is 9.96. The van der Waals surface area contributed by atoms with Gasteiger partial charge in [0.2, 0.25) is 15.9 Å². The van der Waals surface area contributed by atoms with Gasteiger partial charge in [0.25, 0.3) is 11.6 Å². The van der Waals surface area contributed by atoms with Crippen molar-refractivity contribution in [1.29, 1.82) is 0 Å². The lowest BCUT2D eigenvalue weighted by molar-refractivity contribution is -0.384. The van der Waals surface area contributed by atoms with Gasteiger partial charge in [0.05, 0.1) is 35.8 Å². The molecule has 176 valence electrons. The SMILES string of the molecule is Cc1ccc([N+](=O)[O-])cc1NC(=O)CN(c1ccc(C(=O)N2CCOCC2)cc1)S(C)(=O)=O. The molecule has 1 aliphatic rings. The van der Waals surface area contributed by atoms with Gasteiger partial charge in [-0.2, -0.15) is 0 Å². The van der Waals surface area contributed by atoms with E-state index in [9.17, 15) is 28.1 Å². The molecule has 1 heterocycles. The van der Waals surface area contributed by atoms with E-state index >= 15 is 0 Å². The van der Waals surface area contributed by atoms with Crippen LogP contribution in [0.2, 0.25) is 0 Å². The summed E-state index contributed by atoms with van der Waals surface area (Å²) in [6.45, 7) is 3.01. The Bertz CT molecular complexity index is 1160. The normalized spacial score (nSPS) is 13.9. The number of nitrogens with one attached hydrogen (secondary N) is 1. The van der Waals surface area contributed by atoms with Gasteiger partial charge in [-0.15, -0.1) is 0 Å². The summed E-state index contributed by atoms with van der Waals surface area (Å²) in [6, 6.07) is 9.95. The van der Waals surface area contributed by atoms with Gasteiger partial charge in [0.15, 0.2) is 0 Å². The summed E-state index contributed by atoms with van der Waals surface area (Å²) in [4.78, 5) is 37.3. The smallest absolute Gasteiger partial charge is 0.271 e. The molecule has 11 nitrogen and oxygen atoms in total. The number of aryl methyl sites for hydroxylation is 1. The third-order valence-corrected chi connectivity index (χ3v) is 6.23. The number of non-ortho nitro benzene ring substituents is 1. The summed E-state index contributed by atoms with van der Waals surface area (Å²) >= 11 is 0. The van der Waals surface area contributed by atoms with Gasteiger partial charge in [0.1, 0.15) is 6.54 Å². The lowest BCUT2D eigenvalue weighted by atomic mass is 10.1. The predicted octanol–water partition coefficient (Wildman–Crippen LogP) is 1.78. The standard InChI is InChI=1S/C21H24N4O7S/c1-15-3-6-18(25(28)29)13-19(15)22-20(26)14-24(33(2,30)31)17-7-4-16(5-8-17)21(27)23-9-11-32-12-10-23/h3-8,13H,9-12,14H2,1-2H3,(H,22,26). The van der Waals surface area contributed by atoms with Crippen molar-refractivity contribution in [2.45, 2.75) is 6.92 Å². The zero-order valence-electron chi connectivity index (χ0n) is 18.2. The first-order valence-electron chi connectivity index (χ1n) is 10.1. The third-order valence-electron chi connectivity index (χ3n) is 5.09. The average Bonchev–Trinajstić information content (AvgIpc) is 2.78. The van der Waals surface area contributed by atoms with Crippen molar-refractivity contribution >= 4 is 38.9 Å². The van der Waals surface area contributed by atoms with Gasteiger partial charge in [-0.3, -0.25) is 24.0 Å². The molecule has 2 aromatic carbocycles. The van der Waals surface area contributed by atoms with Crippen molar-refractivity contribution in [2.75, 3.05) is 48.7 Å². The minimum atomic E-state index is -3.84. The number of hydrogen-bond donors (Lipinski definition) is 1. The molecule has 12 heteroatoms. The highest BCUT2D eigenvalue weighted by Gasteiger charge is 2.23. The summed E-state index contributed by atoms with van der Waals surface area (Å²) in [5.41, 5.74) is 1.21. The summed E-state index contributed by atoms with van der Waals surface area (Å²) in [5, 5.41) is 13.5. The maximum atomic E-state index is 12.6. The molecule has 33 heavy (non-hydrogen) atoms. The fraction of sp³-hybridized carbons (Fsp3) is 0.333. The topological polar surface area (TPSA) is 139 Å². The average molecular weight is 477 g/mol. The molecule has 0 radical (unpaired) electrons. The van der Waals surface area contributed by atoms with Crippen LogP contribution >= 0.6 is 0 Å². The Morgan fingerprint density at radius 1 is 1.15 bits per heavy atom. The van der Waals surface area contributed by atoms with Gasteiger partial charge < -0.3 is 15.0 Å². The molecule has 1 N–H and O–H groups in total. The van der Waals surface area contributed by atoms with E-state index in [1.54, 1.807) is 11.8 Å². The Hall–Kier alpha value is -3.51. The van der Waals surface area contributed by atoms with Crippen molar-refractivity contribution < 1.29 is 27.7 Å². The van der Waals surface area contributed by atoms with Crippen LogP contribution in [0.25, 0.3) is 0 Å². The first kappa shape index (κ1) is 24.1. The molecule has 1 fully saturated rings. The Balaban J connectivity index is 1.76. The molecule has 0 aliphatic carbocycles. The van der Waals surface area contributed by atoms with E-state index in [2.05, 4.69) is 5.32 Å². The van der Waals surface area contributed by atoms with Crippen LogP contribution in [0.1, 0.15) is 15.9 Å². The first-order chi connectivity index (χ1) is 15.6. The summed E-state index contributed by atoms with van der Waals surface area (Å²) in [6.07, 6.45) is 0.964. The van der Waals surface area contributed by atoms with Crippen molar-refractivity contribution in [3.8, 4) is 0 Å². The van der Waals surface area contributed by atoms with Crippen LogP contribution in [-0.4, -0.2) is 69.2 Å². The van der Waals surface area contributed by atoms with E-state index < -0.39 is 27.4 Å². The molecule has 0 spiro atoms. The van der Waals surface area contributed by atoms with Crippen molar-refractivity contribution in [1.82, 2.24) is 4.90 Å². The number of carbonyl (C=O) groups is 2. The van der Waals surface area contributed by atoms with Crippen molar-refractivity contribution in [3.63, 3.8) is 0 Å². The van der Waals surface area contributed by atoms with Crippen molar-refractivity contribution in [2.24, 2.45) is 0 Å². The number of morpholine rings is 1. The lowest BCUT2D eigenvalue weighted by Gasteiger charge is -2.27. The molecule has 3 rings (SSSR count). The molecule has 0 atom stereocenters. The molecule has 0 bridgehead atoms. The van der Waals surface area contributed by atoms with Crippen LogP contribution in [0.4, 0.5) is 17.1 Å². The van der Waals surface area contributed by atoms with E-state index in [-0.39, 0.29) is 23.0 Å². The zero-order chi connectivity index (χ0) is 24.2. The molecule has 1 saturated heterocycles. The summed E-state index contributed by atoms with van der Waals surface area (Å²) in [7, 11) is -3.84. The second-order valence-electron chi connectivity index (χ2n) is 7.53. The molecule has 0 aromatic heterocycles. The number of nitro groups is 1. The number of amides is 2. The number of anilines is 2. The van der Waals surface area contributed by atoms with E-state index in [0.29, 0.717) is 37.4 Å². The van der Waals surface area contributed by atoms with Gasteiger partial charge in [-0.05, 0) is 36.8 Å². The fourth-order valence-corrected chi connectivity index (χ4v) is 4.15. The van der Waals surface area contributed by atoms with E-state index in [4.69, 9.17) is 4.74 Å². The van der Waals surface area contributed by atoms with Gasteiger partial charge in [-0.1, -0.05) is 6.07 Å². The molecule has 1 aliphatic heterocycles. The van der Waals surface area contributed by atoms with Crippen LogP contribution in [0.3, 0.4) is 0 Å². The monoisotopic (exact) mass is 476 g/mol. The Morgan fingerprint density at radius 3 is 2.36 bits per heavy atom.